The van der Waals surface area contributed by atoms with Gasteiger partial charge in [0.05, 0.1) is 0 Å². The van der Waals surface area contributed by atoms with E-state index in [1.807, 2.05) is 6.07 Å². The minimum atomic E-state index is -0.162. The first-order valence-corrected chi connectivity index (χ1v) is 5.42. The molecule has 0 atom stereocenters. The summed E-state index contributed by atoms with van der Waals surface area (Å²) in [7, 11) is 0. The maximum absolute atomic E-state index is 13.1. The summed E-state index contributed by atoms with van der Waals surface area (Å²) in [5.41, 5.74) is 2.44. The van der Waals surface area contributed by atoms with Crippen LogP contribution in [0.25, 0.3) is 0 Å². The van der Waals surface area contributed by atoms with Gasteiger partial charge >= 0.3 is 0 Å². The quantitative estimate of drug-likeness (QED) is 0.757. The highest BCUT2D eigenvalue weighted by Crippen LogP contribution is 2.43. The number of ether oxygens (including phenoxy) is 1. The molecule has 1 N–H and O–H groups in total. The number of anilines is 1. The Kier molecular flexibility index (Phi) is 3.08. The molecule has 0 radical (unpaired) electrons. The SMILES string of the molecule is Cl.Fc1ccc2c(c1)NCC21CCOCC1. The highest BCUT2D eigenvalue weighted by molar-refractivity contribution is 5.85. The molecule has 0 unspecified atom stereocenters. The van der Waals surface area contributed by atoms with Gasteiger partial charge in [0.15, 0.2) is 0 Å². The normalized spacial score (nSPS) is 21.1. The standard InChI is InChI=1S/C12H14FNO.ClH/c13-9-1-2-10-11(7-9)14-8-12(10)3-5-15-6-4-12;/h1-2,7,14H,3-6,8H2;1H. The van der Waals surface area contributed by atoms with Crippen LogP contribution >= 0.6 is 12.4 Å². The largest absolute Gasteiger partial charge is 0.384 e. The Morgan fingerprint density at radius 2 is 2.00 bits per heavy atom. The van der Waals surface area contributed by atoms with E-state index in [1.165, 1.54) is 5.56 Å². The minimum Gasteiger partial charge on any atom is -0.384 e. The number of rotatable bonds is 0. The number of halogens is 2. The Hall–Kier alpha value is -0.800. The lowest BCUT2D eigenvalue weighted by Crippen LogP contribution is -2.35. The summed E-state index contributed by atoms with van der Waals surface area (Å²) < 4.78 is 18.4. The van der Waals surface area contributed by atoms with E-state index in [9.17, 15) is 4.39 Å². The second kappa shape index (κ2) is 4.22. The summed E-state index contributed by atoms with van der Waals surface area (Å²) in [6.07, 6.45) is 2.08. The molecule has 1 aromatic carbocycles. The molecule has 1 saturated heterocycles. The highest BCUT2D eigenvalue weighted by Gasteiger charge is 2.40. The zero-order chi connectivity index (χ0) is 10.3. The molecule has 1 aromatic rings. The van der Waals surface area contributed by atoms with Crippen LogP contribution in [0.2, 0.25) is 0 Å². The van der Waals surface area contributed by atoms with Crippen LogP contribution in [0.3, 0.4) is 0 Å². The average Bonchev–Trinajstić information content (AvgIpc) is 2.58. The number of benzene rings is 1. The van der Waals surface area contributed by atoms with E-state index < -0.39 is 0 Å². The molecule has 2 nitrogen and oxygen atoms in total. The Morgan fingerprint density at radius 1 is 1.25 bits per heavy atom. The monoisotopic (exact) mass is 243 g/mol. The summed E-state index contributed by atoms with van der Waals surface area (Å²) in [6.45, 7) is 2.56. The van der Waals surface area contributed by atoms with Gasteiger partial charge in [-0.15, -0.1) is 12.4 Å². The minimum absolute atomic E-state index is 0. The predicted octanol–water partition coefficient (Wildman–Crippen LogP) is 2.72. The molecule has 2 heterocycles. The third kappa shape index (κ3) is 1.68. The van der Waals surface area contributed by atoms with E-state index in [0.29, 0.717) is 0 Å². The average molecular weight is 244 g/mol. The van der Waals surface area contributed by atoms with Crippen LogP contribution in [0.1, 0.15) is 18.4 Å². The molecule has 1 fully saturated rings. The fourth-order valence-electron chi connectivity index (χ4n) is 2.69. The summed E-state index contributed by atoms with van der Waals surface area (Å²) in [4.78, 5) is 0. The summed E-state index contributed by atoms with van der Waals surface area (Å²) >= 11 is 0. The van der Waals surface area contributed by atoms with Crippen LogP contribution in [0.4, 0.5) is 10.1 Å². The van der Waals surface area contributed by atoms with E-state index >= 15 is 0 Å². The molecule has 2 aliphatic rings. The van der Waals surface area contributed by atoms with Crippen LogP contribution in [0, 0.1) is 5.82 Å². The van der Waals surface area contributed by atoms with E-state index in [-0.39, 0.29) is 23.6 Å². The van der Waals surface area contributed by atoms with Gasteiger partial charge in [0, 0.05) is 30.9 Å². The molecule has 88 valence electrons. The molecule has 3 rings (SSSR count). The van der Waals surface area contributed by atoms with Crippen molar-refractivity contribution < 1.29 is 9.13 Å². The lowest BCUT2D eigenvalue weighted by molar-refractivity contribution is 0.0567. The number of nitrogens with one attached hydrogen (secondary N) is 1. The van der Waals surface area contributed by atoms with Gasteiger partial charge in [-0.2, -0.15) is 0 Å². The first-order chi connectivity index (χ1) is 7.30. The van der Waals surface area contributed by atoms with Gasteiger partial charge in [-0.3, -0.25) is 0 Å². The molecule has 4 heteroatoms. The first kappa shape index (κ1) is 11.7. The van der Waals surface area contributed by atoms with Crippen LogP contribution in [0.15, 0.2) is 18.2 Å². The lowest BCUT2D eigenvalue weighted by atomic mass is 9.76. The maximum atomic E-state index is 13.1. The summed E-state index contributed by atoms with van der Waals surface area (Å²) in [5.74, 6) is -0.162. The Labute approximate surface area is 101 Å². The van der Waals surface area contributed by atoms with Gasteiger partial charge in [0.2, 0.25) is 0 Å². The number of fused-ring (bicyclic) bond motifs is 2. The van der Waals surface area contributed by atoms with Crippen molar-refractivity contribution >= 4 is 18.1 Å². The van der Waals surface area contributed by atoms with Crippen molar-refractivity contribution in [1.29, 1.82) is 0 Å². The fourth-order valence-corrected chi connectivity index (χ4v) is 2.69. The summed E-state index contributed by atoms with van der Waals surface area (Å²) in [6, 6.07) is 5.08. The molecule has 2 aliphatic heterocycles. The van der Waals surface area contributed by atoms with Crippen molar-refractivity contribution in [2.24, 2.45) is 0 Å². The topological polar surface area (TPSA) is 21.3 Å². The lowest BCUT2D eigenvalue weighted by Gasteiger charge is -2.33. The van der Waals surface area contributed by atoms with Crippen LogP contribution in [-0.2, 0) is 10.2 Å². The van der Waals surface area contributed by atoms with Crippen molar-refractivity contribution in [3.8, 4) is 0 Å². The van der Waals surface area contributed by atoms with E-state index in [1.54, 1.807) is 12.1 Å². The van der Waals surface area contributed by atoms with Crippen molar-refractivity contribution in [3.63, 3.8) is 0 Å². The zero-order valence-electron chi connectivity index (χ0n) is 8.96. The third-order valence-electron chi connectivity index (χ3n) is 3.62. The molecule has 0 aliphatic carbocycles. The van der Waals surface area contributed by atoms with Crippen LogP contribution in [-0.4, -0.2) is 19.8 Å². The van der Waals surface area contributed by atoms with Crippen molar-refractivity contribution in [2.45, 2.75) is 18.3 Å². The summed E-state index contributed by atoms with van der Waals surface area (Å²) in [5, 5.41) is 3.31. The Morgan fingerprint density at radius 3 is 2.75 bits per heavy atom. The fraction of sp³-hybridized carbons (Fsp3) is 0.500. The zero-order valence-corrected chi connectivity index (χ0v) is 9.78. The van der Waals surface area contributed by atoms with E-state index in [0.717, 1.165) is 38.3 Å². The highest BCUT2D eigenvalue weighted by atomic mass is 35.5. The van der Waals surface area contributed by atoms with Gasteiger partial charge in [-0.25, -0.2) is 4.39 Å². The van der Waals surface area contributed by atoms with Gasteiger partial charge in [-0.05, 0) is 30.5 Å². The van der Waals surface area contributed by atoms with Crippen molar-refractivity contribution in [1.82, 2.24) is 0 Å². The Bertz CT molecular complexity index is 391. The van der Waals surface area contributed by atoms with Gasteiger partial charge in [0.25, 0.3) is 0 Å². The maximum Gasteiger partial charge on any atom is 0.125 e. The predicted molar refractivity (Wildman–Crippen MR) is 63.9 cm³/mol. The second-order valence-electron chi connectivity index (χ2n) is 4.44. The smallest absolute Gasteiger partial charge is 0.125 e. The number of hydrogen-bond acceptors (Lipinski definition) is 2. The van der Waals surface area contributed by atoms with Crippen molar-refractivity contribution in [3.05, 3.63) is 29.6 Å². The molecule has 1 spiro atoms. The van der Waals surface area contributed by atoms with E-state index in [4.69, 9.17) is 4.74 Å². The molecular formula is C12H15ClFNO. The van der Waals surface area contributed by atoms with Crippen LogP contribution in [0.5, 0.6) is 0 Å². The third-order valence-corrected chi connectivity index (χ3v) is 3.62. The molecule has 16 heavy (non-hydrogen) atoms. The van der Waals surface area contributed by atoms with Gasteiger partial charge in [0.1, 0.15) is 5.82 Å². The first-order valence-electron chi connectivity index (χ1n) is 5.42. The number of hydrogen-bond donors (Lipinski definition) is 1. The molecular weight excluding hydrogens is 229 g/mol. The van der Waals surface area contributed by atoms with Crippen molar-refractivity contribution in [2.75, 3.05) is 25.1 Å². The molecule has 0 amide bonds. The Balaban J connectivity index is 0.000000963. The second-order valence-corrected chi connectivity index (χ2v) is 4.44. The van der Waals surface area contributed by atoms with Gasteiger partial charge < -0.3 is 10.1 Å². The van der Waals surface area contributed by atoms with E-state index in [2.05, 4.69) is 5.32 Å². The van der Waals surface area contributed by atoms with Crippen LogP contribution < -0.4 is 5.32 Å². The molecule has 0 bridgehead atoms. The molecule has 0 aromatic heterocycles. The molecule has 0 saturated carbocycles. The van der Waals surface area contributed by atoms with Gasteiger partial charge in [-0.1, -0.05) is 6.07 Å².